The van der Waals surface area contributed by atoms with E-state index >= 15 is 0 Å². The molecule has 7 heteroatoms. The SMILES string of the molecule is CCC(C)C(C(=O)N(C)CC(=O)OC)N(C)C(=O)C(NC)C(C)C. The molecule has 0 aliphatic heterocycles. The van der Waals surface area contributed by atoms with Crippen molar-refractivity contribution >= 4 is 17.8 Å². The first kappa shape index (κ1) is 22.4. The molecular weight excluding hydrogens is 310 g/mol. The Hall–Kier alpha value is -1.63. The number of carbonyl (C=O) groups excluding carboxylic acids is 3. The normalized spacial score (nSPS) is 14.7. The quantitative estimate of drug-likeness (QED) is 0.625. The Morgan fingerprint density at radius 2 is 1.62 bits per heavy atom. The van der Waals surface area contributed by atoms with Gasteiger partial charge in [0.2, 0.25) is 11.8 Å². The van der Waals surface area contributed by atoms with Crippen LogP contribution in [0.4, 0.5) is 0 Å². The summed E-state index contributed by atoms with van der Waals surface area (Å²) in [5.74, 6) is -0.804. The zero-order valence-electron chi connectivity index (χ0n) is 16.3. The minimum atomic E-state index is -0.619. The number of nitrogens with one attached hydrogen (secondary N) is 1. The Morgan fingerprint density at radius 1 is 1.08 bits per heavy atom. The third kappa shape index (κ3) is 5.78. The van der Waals surface area contributed by atoms with Gasteiger partial charge in [-0.05, 0) is 18.9 Å². The van der Waals surface area contributed by atoms with Crippen molar-refractivity contribution in [2.24, 2.45) is 11.8 Å². The molecule has 0 radical (unpaired) electrons. The highest BCUT2D eigenvalue weighted by molar-refractivity contribution is 5.91. The number of esters is 1. The van der Waals surface area contributed by atoms with E-state index < -0.39 is 12.0 Å². The predicted octanol–water partition coefficient (Wildman–Crippen LogP) is 0.735. The topological polar surface area (TPSA) is 79.0 Å². The second-order valence-electron chi connectivity index (χ2n) is 6.56. The number of hydrogen-bond donors (Lipinski definition) is 1. The summed E-state index contributed by atoms with van der Waals surface area (Å²) in [7, 11) is 6.21. The number of ether oxygens (including phenoxy) is 1. The highest BCUT2D eigenvalue weighted by Crippen LogP contribution is 2.18. The minimum absolute atomic E-state index is 0.0313. The van der Waals surface area contributed by atoms with Gasteiger partial charge in [0.1, 0.15) is 12.6 Å². The maximum atomic E-state index is 12.8. The number of rotatable bonds is 9. The van der Waals surface area contributed by atoms with E-state index in [0.717, 1.165) is 6.42 Å². The number of hydrogen-bond acceptors (Lipinski definition) is 5. The van der Waals surface area contributed by atoms with Crippen molar-refractivity contribution in [3.05, 3.63) is 0 Å². The number of methoxy groups -OCH3 is 1. The molecule has 0 rings (SSSR count). The zero-order chi connectivity index (χ0) is 19.0. The Balaban J connectivity index is 5.42. The van der Waals surface area contributed by atoms with Crippen molar-refractivity contribution in [3.63, 3.8) is 0 Å². The minimum Gasteiger partial charge on any atom is -0.468 e. The maximum absolute atomic E-state index is 12.8. The fourth-order valence-corrected chi connectivity index (χ4v) is 2.67. The molecule has 0 heterocycles. The van der Waals surface area contributed by atoms with Gasteiger partial charge in [-0.1, -0.05) is 34.1 Å². The first-order valence-electron chi connectivity index (χ1n) is 8.37. The number of nitrogens with zero attached hydrogens (tertiary/aromatic N) is 2. The largest absolute Gasteiger partial charge is 0.468 e. The molecule has 0 fully saturated rings. The van der Waals surface area contributed by atoms with Crippen molar-refractivity contribution in [2.45, 2.75) is 46.2 Å². The van der Waals surface area contributed by atoms with Gasteiger partial charge in [-0.3, -0.25) is 14.4 Å². The van der Waals surface area contributed by atoms with E-state index in [4.69, 9.17) is 0 Å². The van der Waals surface area contributed by atoms with E-state index in [2.05, 4.69) is 10.1 Å². The van der Waals surface area contributed by atoms with Crippen LogP contribution in [0.15, 0.2) is 0 Å². The maximum Gasteiger partial charge on any atom is 0.325 e. The first-order chi connectivity index (χ1) is 11.1. The first-order valence-corrected chi connectivity index (χ1v) is 8.37. The van der Waals surface area contributed by atoms with Crippen LogP contribution in [-0.4, -0.2) is 74.5 Å². The molecule has 140 valence electrons. The van der Waals surface area contributed by atoms with E-state index in [1.54, 1.807) is 21.1 Å². The molecule has 0 saturated heterocycles. The van der Waals surface area contributed by atoms with Crippen molar-refractivity contribution in [1.82, 2.24) is 15.1 Å². The lowest BCUT2D eigenvalue weighted by Crippen LogP contribution is -2.57. The van der Waals surface area contributed by atoms with Crippen molar-refractivity contribution in [2.75, 3.05) is 34.8 Å². The van der Waals surface area contributed by atoms with Crippen LogP contribution in [0.3, 0.4) is 0 Å². The fraction of sp³-hybridized carbons (Fsp3) is 0.824. The molecule has 0 aliphatic rings. The van der Waals surface area contributed by atoms with E-state index in [-0.39, 0.29) is 36.2 Å². The monoisotopic (exact) mass is 343 g/mol. The predicted molar refractivity (Wildman–Crippen MR) is 93.4 cm³/mol. The van der Waals surface area contributed by atoms with Crippen LogP contribution in [0, 0.1) is 11.8 Å². The highest BCUT2D eigenvalue weighted by atomic mass is 16.5. The summed E-state index contributed by atoms with van der Waals surface area (Å²) < 4.78 is 4.61. The lowest BCUT2D eigenvalue weighted by molar-refractivity contribution is -0.151. The Kier molecular flexibility index (Phi) is 9.58. The van der Waals surface area contributed by atoms with E-state index in [1.165, 1.54) is 16.9 Å². The summed E-state index contributed by atoms with van der Waals surface area (Å²) in [5, 5.41) is 3.01. The summed E-state index contributed by atoms with van der Waals surface area (Å²) in [6.45, 7) is 7.68. The third-order valence-corrected chi connectivity index (χ3v) is 4.41. The fourth-order valence-electron chi connectivity index (χ4n) is 2.67. The van der Waals surface area contributed by atoms with Gasteiger partial charge < -0.3 is 19.9 Å². The van der Waals surface area contributed by atoms with Gasteiger partial charge in [-0.15, -0.1) is 0 Å². The van der Waals surface area contributed by atoms with Crippen molar-refractivity contribution in [3.8, 4) is 0 Å². The molecule has 0 aliphatic carbocycles. The molecule has 0 aromatic heterocycles. The molecule has 3 atom stereocenters. The van der Waals surface area contributed by atoms with Gasteiger partial charge in [0.25, 0.3) is 0 Å². The van der Waals surface area contributed by atoms with Crippen LogP contribution < -0.4 is 5.32 Å². The van der Waals surface area contributed by atoms with Gasteiger partial charge in [-0.2, -0.15) is 0 Å². The molecule has 0 aromatic rings. The van der Waals surface area contributed by atoms with E-state index in [1.807, 2.05) is 27.7 Å². The van der Waals surface area contributed by atoms with E-state index in [9.17, 15) is 14.4 Å². The second-order valence-corrected chi connectivity index (χ2v) is 6.56. The van der Waals surface area contributed by atoms with Gasteiger partial charge in [-0.25, -0.2) is 0 Å². The summed E-state index contributed by atoms with van der Waals surface area (Å²) in [5.41, 5.74) is 0. The number of likely N-dealkylation sites (N-methyl/N-ethyl adjacent to an activating group) is 3. The van der Waals surface area contributed by atoms with Crippen molar-refractivity contribution < 1.29 is 19.1 Å². The van der Waals surface area contributed by atoms with Gasteiger partial charge >= 0.3 is 5.97 Å². The average Bonchev–Trinajstić information content (AvgIpc) is 2.54. The molecular formula is C17H33N3O4. The molecule has 7 nitrogen and oxygen atoms in total. The molecule has 1 N–H and O–H groups in total. The Morgan fingerprint density at radius 3 is 2.00 bits per heavy atom. The van der Waals surface area contributed by atoms with Crippen molar-refractivity contribution in [1.29, 1.82) is 0 Å². The molecule has 0 saturated carbocycles. The van der Waals surface area contributed by atoms with Crippen LogP contribution in [0.25, 0.3) is 0 Å². The summed E-state index contributed by atoms with van der Waals surface area (Å²) in [6, 6.07) is -0.980. The van der Waals surface area contributed by atoms with Crippen LogP contribution in [0.2, 0.25) is 0 Å². The smallest absolute Gasteiger partial charge is 0.325 e. The Bertz CT molecular complexity index is 440. The molecule has 3 unspecified atom stereocenters. The lowest BCUT2D eigenvalue weighted by atomic mass is 9.94. The summed E-state index contributed by atoms with van der Waals surface area (Å²) in [6.07, 6.45) is 0.742. The standard InChI is InChI=1S/C17H33N3O4/c1-9-12(4)15(17(23)19(6)10-13(21)24-8)20(7)16(22)14(18-5)11(2)3/h11-12,14-15,18H,9-10H2,1-8H3. The number of carbonyl (C=O) groups is 3. The second kappa shape index (κ2) is 10.3. The third-order valence-electron chi connectivity index (χ3n) is 4.41. The van der Waals surface area contributed by atoms with Gasteiger partial charge in [0.15, 0.2) is 0 Å². The van der Waals surface area contributed by atoms with Crippen LogP contribution in [0.5, 0.6) is 0 Å². The molecule has 24 heavy (non-hydrogen) atoms. The van der Waals surface area contributed by atoms with Gasteiger partial charge in [0, 0.05) is 14.1 Å². The molecule has 0 bridgehead atoms. The Labute approximate surface area is 145 Å². The van der Waals surface area contributed by atoms with Crippen LogP contribution >= 0.6 is 0 Å². The summed E-state index contributed by atoms with van der Waals surface area (Å²) >= 11 is 0. The van der Waals surface area contributed by atoms with Crippen LogP contribution in [0.1, 0.15) is 34.1 Å². The van der Waals surface area contributed by atoms with Gasteiger partial charge in [0.05, 0.1) is 13.2 Å². The zero-order valence-corrected chi connectivity index (χ0v) is 16.3. The van der Waals surface area contributed by atoms with E-state index in [0.29, 0.717) is 0 Å². The summed E-state index contributed by atoms with van der Waals surface area (Å²) in [4.78, 5) is 39.9. The molecule has 0 aromatic carbocycles. The molecule has 0 spiro atoms. The number of amides is 2. The lowest BCUT2D eigenvalue weighted by Gasteiger charge is -2.36. The molecule has 2 amide bonds. The van der Waals surface area contributed by atoms with Crippen LogP contribution in [-0.2, 0) is 19.1 Å². The highest BCUT2D eigenvalue weighted by Gasteiger charge is 2.36. The average molecular weight is 343 g/mol.